The zero-order chi connectivity index (χ0) is 13.1. The number of halogens is 4. The Bertz CT molecular complexity index is 564. The van der Waals surface area contributed by atoms with Crippen LogP contribution in [0.15, 0.2) is 36.4 Å². The van der Waals surface area contributed by atoms with Crippen LogP contribution in [-0.4, -0.2) is 0 Å². The van der Waals surface area contributed by atoms with Crippen molar-refractivity contribution in [3.8, 4) is 0 Å². The van der Waals surface area contributed by atoms with E-state index < -0.39 is 23.3 Å². The van der Waals surface area contributed by atoms with Gasteiger partial charge in [-0.25, -0.2) is 17.6 Å². The Labute approximate surface area is 102 Å². The number of benzene rings is 2. The summed E-state index contributed by atoms with van der Waals surface area (Å²) in [4.78, 5) is 0. The molecule has 0 spiro atoms. The van der Waals surface area contributed by atoms with E-state index in [4.69, 9.17) is 0 Å². The highest BCUT2D eigenvalue weighted by molar-refractivity contribution is 5.29. The highest BCUT2D eigenvalue weighted by Gasteiger charge is 2.08. The molecule has 93 valence electrons. The molecule has 0 aliphatic heterocycles. The Morgan fingerprint density at radius 2 is 1.61 bits per heavy atom. The van der Waals surface area contributed by atoms with E-state index in [0.717, 1.165) is 18.2 Å². The highest BCUT2D eigenvalue weighted by Crippen LogP contribution is 2.16. The summed E-state index contributed by atoms with van der Waals surface area (Å²) in [7, 11) is 0. The average Bonchev–Trinajstić information content (AvgIpc) is 2.35. The normalized spacial score (nSPS) is 10.7. The maximum absolute atomic E-state index is 13.3. The van der Waals surface area contributed by atoms with Gasteiger partial charge in [0.2, 0.25) is 0 Å². The van der Waals surface area contributed by atoms with E-state index in [1.807, 2.05) is 0 Å². The largest absolute Gasteiger partial charge is 0.204 e. The third kappa shape index (κ3) is 2.70. The molecule has 0 fully saturated rings. The zero-order valence-corrected chi connectivity index (χ0v) is 9.26. The maximum Gasteiger partial charge on any atom is 0.162 e. The lowest BCUT2D eigenvalue weighted by molar-refractivity contribution is 0.500. The van der Waals surface area contributed by atoms with Crippen LogP contribution in [0.3, 0.4) is 0 Å². The van der Waals surface area contributed by atoms with E-state index >= 15 is 0 Å². The van der Waals surface area contributed by atoms with Crippen LogP contribution in [0.4, 0.5) is 17.6 Å². The van der Waals surface area contributed by atoms with Crippen LogP contribution < -0.4 is 0 Å². The molecule has 0 saturated carbocycles. The molecule has 0 aliphatic carbocycles. The second-order valence-corrected chi connectivity index (χ2v) is 3.79. The van der Waals surface area contributed by atoms with Crippen molar-refractivity contribution in [2.24, 2.45) is 0 Å². The van der Waals surface area contributed by atoms with Crippen molar-refractivity contribution in [1.29, 1.82) is 0 Å². The Kier molecular flexibility index (Phi) is 3.65. The Hall–Kier alpha value is -1.84. The topological polar surface area (TPSA) is 0 Å². The van der Waals surface area contributed by atoms with E-state index in [1.54, 1.807) is 0 Å². The van der Waals surface area contributed by atoms with Gasteiger partial charge in [0.05, 0.1) is 0 Å². The van der Waals surface area contributed by atoms with Gasteiger partial charge in [-0.05, 0) is 42.2 Å². The van der Waals surface area contributed by atoms with E-state index in [9.17, 15) is 17.6 Å². The van der Waals surface area contributed by atoms with Gasteiger partial charge < -0.3 is 0 Å². The van der Waals surface area contributed by atoms with Crippen molar-refractivity contribution >= 4 is 0 Å². The number of hydrogen-bond donors (Lipinski definition) is 0. The second-order valence-electron chi connectivity index (χ2n) is 3.79. The minimum atomic E-state index is -0.969. The van der Waals surface area contributed by atoms with E-state index in [0.29, 0.717) is 5.56 Å². The minimum absolute atomic E-state index is 0.106. The molecule has 0 unspecified atom stereocenters. The van der Waals surface area contributed by atoms with Crippen molar-refractivity contribution in [2.75, 3.05) is 0 Å². The lowest BCUT2D eigenvalue weighted by atomic mass is 10.0. The van der Waals surface area contributed by atoms with Crippen molar-refractivity contribution in [3.05, 3.63) is 77.2 Å². The van der Waals surface area contributed by atoms with E-state index in [-0.39, 0.29) is 12.0 Å². The highest BCUT2D eigenvalue weighted by atomic mass is 19.2. The van der Waals surface area contributed by atoms with Crippen molar-refractivity contribution in [3.63, 3.8) is 0 Å². The molecule has 0 nitrogen and oxygen atoms in total. The first-order valence-electron chi connectivity index (χ1n) is 5.29. The molecule has 2 aromatic carbocycles. The number of rotatable bonds is 3. The SMILES string of the molecule is Fc1ccc([CH]Cc2cccc(F)c2F)cc1F. The molecular weight excluding hydrogens is 244 g/mol. The van der Waals surface area contributed by atoms with Crippen molar-refractivity contribution < 1.29 is 17.6 Å². The predicted octanol–water partition coefficient (Wildman–Crippen LogP) is 4.04. The third-order valence-electron chi connectivity index (χ3n) is 2.53. The van der Waals surface area contributed by atoms with Crippen LogP contribution in [0, 0.1) is 29.7 Å². The van der Waals surface area contributed by atoms with E-state index in [1.165, 1.54) is 24.6 Å². The molecule has 0 saturated heterocycles. The zero-order valence-electron chi connectivity index (χ0n) is 9.26. The molecule has 0 N–H and O–H groups in total. The summed E-state index contributed by atoms with van der Waals surface area (Å²) in [5, 5.41) is 0. The van der Waals surface area contributed by atoms with Gasteiger partial charge in [-0.2, -0.15) is 0 Å². The molecule has 1 radical (unpaired) electrons. The minimum Gasteiger partial charge on any atom is -0.204 e. The molecule has 0 aliphatic rings. The maximum atomic E-state index is 13.3. The van der Waals surface area contributed by atoms with Crippen LogP contribution >= 0.6 is 0 Å². The fourth-order valence-corrected chi connectivity index (χ4v) is 1.57. The first kappa shape index (κ1) is 12.6. The molecule has 2 rings (SSSR count). The van der Waals surface area contributed by atoms with Crippen LogP contribution in [0.25, 0.3) is 0 Å². The lowest BCUT2D eigenvalue weighted by Gasteiger charge is -2.04. The third-order valence-corrected chi connectivity index (χ3v) is 2.53. The Morgan fingerprint density at radius 3 is 2.33 bits per heavy atom. The standard InChI is InChI=1S/C14H9F4/c15-11-7-5-9(8-13(11)17)4-6-10-2-1-3-12(16)14(10)18/h1-5,7-8H,6H2. The van der Waals surface area contributed by atoms with Crippen LogP contribution in [0.1, 0.15) is 11.1 Å². The molecular formula is C14H9F4. The van der Waals surface area contributed by atoms with E-state index in [2.05, 4.69) is 0 Å². The molecule has 18 heavy (non-hydrogen) atoms. The van der Waals surface area contributed by atoms with Gasteiger partial charge in [0.1, 0.15) is 0 Å². The van der Waals surface area contributed by atoms with Gasteiger partial charge in [0, 0.05) is 0 Å². The monoisotopic (exact) mass is 253 g/mol. The molecule has 0 atom stereocenters. The summed E-state index contributed by atoms with van der Waals surface area (Å²) in [5.74, 6) is -3.75. The van der Waals surface area contributed by atoms with Gasteiger partial charge in [0.25, 0.3) is 0 Å². The van der Waals surface area contributed by atoms with Gasteiger partial charge >= 0.3 is 0 Å². The van der Waals surface area contributed by atoms with Crippen LogP contribution in [-0.2, 0) is 6.42 Å². The Morgan fingerprint density at radius 1 is 0.833 bits per heavy atom. The summed E-state index contributed by atoms with van der Waals surface area (Å²) in [5.41, 5.74) is 0.581. The van der Waals surface area contributed by atoms with Gasteiger partial charge in [-0.3, -0.25) is 0 Å². The molecule has 0 amide bonds. The molecule has 2 aromatic rings. The van der Waals surface area contributed by atoms with Crippen LogP contribution in [0.5, 0.6) is 0 Å². The summed E-state index contributed by atoms with van der Waals surface area (Å²) >= 11 is 0. The lowest BCUT2D eigenvalue weighted by Crippen LogP contribution is -1.96. The summed E-state index contributed by atoms with van der Waals surface area (Å²) in [6.07, 6.45) is 1.61. The fourth-order valence-electron chi connectivity index (χ4n) is 1.57. The van der Waals surface area contributed by atoms with Gasteiger partial charge in [-0.1, -0.05) is 18.2 Å². The first-order chi connectivity index (χ1) is 8.58. The average molecular weight is 253 g/mol. The predicted molar refractivity (Wildman–Crippen MR) is 59.8 cm³/mol. The first-order valence-corrected chi connectivity index (χ1v) is 5.29. The summed E-state index contributed by atoms with van der Waals surface area (Å²) in [6, 6.07) is 7.23. The number of hydrogen-bond acceptors (Lipinski definition) is 0. The second kappa shape index (κ2) is 5.21. The van der Waals surface area contributed by atoms with Crippen molar-refractivity contribution in [1.82, 2.24) is 0 Å². The summed E-state index contributed by atoms with van der Waals surface area (Å²) < 4.78 is 51.8. The van der Waals surface area contributed by atoms with Crippen molar-refractivity contribution in [2.45, 2.75) is 6.42 Å². The molecule has 0 heterocycles. The smallest absolute Gasteiger partial charge is 0.162 e. The molecule has 4 heteroatoms. The molecule has 0 bridgehead atoms. The Balaban J connectivity index is 2.11. The fraction of sp³-hybridized carbons (Fsp3) is 0.0714. The summed E-state index contributed by atoms with van der Waals surface area (Å²) in [6.45, 7) is 0. The quantitative estimate of drug-likeness (QED) is 0.724. The molecule has 0 aromatic heterocycles. The van der Waals surface area contributed by atoms with Crippen LogP contribution in [0.2, 0.25) is 0 Å². The van der Waals surface area contributed by atoms with Gasteiger partial charge in [0.15, 0.2) is 23.3 Å². The van der Waals surface area contributed by atoms with Gasteiger partial charge in [-0.15, -0.1) is 0 Å².